The van der Waals surface area contributed by atoms with Crippen LogP contribution in [0.4, 0.5) is 0 Å². The Morgan fingerprint density at radius 3 is 2.31 bits per heavy atom. The SMILES string of the molecule is C[C@@H]1CCC[C@H](C)N1CCC#N.NP(O)Cl. The summed E-state index contributed by atoms with van der Waals surface area (Å²) in [4.78, 5) is 10.1. The number of nitrogens with two attached hydrogens (primary N) is 1. The number of halogens is 1. The van der Waals surface area contributed by atoms with E-state index in [2.05, 4.69) is 41.6 Å². The zero-order chi connectivity index (χ0) is 12.6. The highest BCUT2D eigenvalue weighted by Crippen LogP contribution is 2.23. The lowest BCUT2D eigenvalue weighted by Crippen LogP contribution is -2.43. The van der Waals surface area contributed by atoms with Gasteiger partial charge < -0.3 is 4.89 Å². The molecule has 1 rings (SSSR count). The molecule has 0 saturated carbocycles. The Hall–Kier alpha value is 0.0900. The van der Waals surface area contributed by atoms with Crippen LogP contribution < -0.4 is 5.50 Å². The van der Waals surface area contributed by atoms with Gasteiger partial charge in [-0.25, -0.2) is 0 Å². The number of nitrogens with zero attached hydrogens (tertiary/aromatic N) is 2. The lowest BCUT2D eigenvalue weighted by molar-refractivity contribution is 0.106. The van der Waals surface area contributed by atoms with Gasteiger partial charge in [-0.05, 0) is 37.9 Å². The van der Waals surface area contributed by atoms with Gasteiger partial charge in [0.25, 0.3) is 0 Å². The summed E-state index contributed by atoms with van der Waals surface area (Å²) in [7, 11) is -1.65. The summed E-state index contributed by atoms with van der Waals surface area (Å²) in [6.07, 6.45) is 4.63. The molecule has 0 amide bonds. The van der Waals surface area contributed by atoms with Crippen LogP contribution in [-0.4, -0.2) is 28.4 Å². The van der Waals surface area contributed by atoms with Gasteiger partial charge in [-0.1, -0.05) is 6.42 Å². The van der Waals surface area contributed by atoms with E-state index in [9.17, 15) is 0 Å². The van der Waals surface area contributed by atoms with Crippen molar-refractivity contribution < 1.29 is 4.89 Å². The average molecular weight is 266 g/mol. The van der Waals surface area contributed by atoms with Gasteiger partial charge in [-0.2, -0.15) is 5.26 Å². The standard InChI is InChI=1S/C10H18N2.ClH3NOP/c1-9-5-3-6-10(2)12(9)8-4-7-11;1-4(2)3/h9-10H,3-6,8H2,1-2H3;3H,2H2/t9-,10+;. The quantitative estimate of drug-likeness (QED) is 0.753. The lowest BCUT2D eigenvalue weighted by Gasteiger charge is -2.38. The van der Waals surface area contributed by atoms with Crippen LogP contribution in [0, 0.1) is 11.3 Å². The van der Waals surface area contributed by atoms with Gasteiger partial charge in [-0.3, -0.25) is 10.4 Å². The fourth-order valence-electron chi connectivity index (χ4n) is 2.09. The van der Waals surface area contributed by atoms with E-state index in [4.69, 9.17) is 10.2 Å². The Morgan fingerprint density at radius 2 is 1.94 bits per heavy atom. The minimum Gasteiger partial charge on any atom is -0.348 e. The van der Waals surface area contributed by atoms with Gasteiger partial charge in [0.1, 0.15) is 0 Å². The molecule has 3 N–H and O–H groups in total. The number of piperidine rings is 1. The molecule has 16 heavy (non-hydrogen) atoms. The highest BCUT2D eigenvalue weighted by Gasteiger charge is 2.23. The molecule has 0 aromatic rings. The maximum Gasteiger partial charge on any atom is 0.198 e. The number of likely N-dealkylation sites (tertiary alicyclic amines) is 1. The van der Waals surface area contributed by atoms with E-state index >= 15 is 0 Å². The molecule has 1 aliphatic rings. The van der Waals surface area contributed by atoms with Crippen LogP contribution in [0.15, 0.2) is 0 Å². The molecule has 6 heteroatoms. The van der Waals surface area contributed by atoms with Crippen LogP contribution in [-0.2, 0) is 0 Å². The summed E-state index contributed by atoms with van der Waals surface area (Å²) in [6.45, 7) is 5.50. The van der Waals surface area contributed by atoms with E-state index in [-0.39, 0.29) is 0 Å². The van der Waals surface area contributed by atoms with Crippen molar-refractivity contribution in [1.29, 1.82) is 5.26 Å². The van der Waals surface area contributed by atoms with Gasteiger partial charge in [0, 0.05) is 25.0 Å². The van der Waals surface area contributed by atoms with Crippen molar-refractivity contribution in [1.82, 2.24) is 4.90 Å². The third-order valence-electron chi connectivity index (χ3n) is 2.86. The fraction of sp³-hybridized carbons (Fsp3) is 0.900. The third-order valence-corrected chi connectivity index (χ3v) is 2.86. The lowest BCUT2D eigenvalue weighted by atomic mass is 9.97. The Labute approximate surface area is 104 Å². The maximum absolute atomic E-state index is 8.49. The van der Waals surface area contributed by atoms with Gasteiger partial charge in [-0.15, -0.1) is 0 Å². The molecule has 94 valence electrons. The average Bonchev–Trinajstić information content (AvgIpc) is 2.16. The predicted molar refractivity (Wildman–Crippen MR) is 68.9 cm³/mol. The Balaban J connectivity index is 0.000000487. The van der Waals surface area contributed by atoms with E-state index in [1.165, 1.54) is 19.3 Å². The summed E-state index contributed by atoms with van der Waals surface area (Å²) >= 11 is 4.67. The fourth-order valence-corrected chi connectivity index (χ4v) is 2.09. The molecule has 1 saturated heterocycles. The first kappa shape index (κ1) is 16.1. The zero-order valence-electron chi connectivity index (χ0n) is 9.93. The van der Waals surface area contributed by atoms with E-state index in [1.54, 1.807) is 0 Å². The van der Waals surface area contributed by atoms with E-state index in [0.29, 0.717) is 18.5 Å². The summed E-state index contributed by atoms with van der Waals surface area (Å²) in [6, 6.07) is 3.58. The molecular weight excluding hydrogens is 245 g/mol. The van der Waals surface area contributed by atoms with Crippen molar-refractivity contribution in [3.05, 3.63) is 0 Å². The van der Waals surface area contributed by atoms with Gasteiger partial charge >= 0.3 is 0 Å². The first-order valence-electron chi connectivity index (χ1n) is 5.51. The summed E-state index contributed by atoms with van der Waals surface area (Å²) < 4.78 is 0. The van der Waals surface area contributed by atoms with Crippen LogP contribution in [0.1, 0.15) is 39.5 Å². The molecule has 0 spiro atoms. The molecule has 0 aromatic heterocycles. The second-order valence-corrected chi connectivity index (χ2v) is 5.68. The van der Waals surface area contributed by atoms with Crippen LogP contribution in [0.25, 0.3) is 0 Å². The number of hydrogen-bond donors (Lipinski definition) is 2. The predicted octanol–water partition coefficient (Wildman–Crippen LogP) is 2.57. The van der Waals surface area contributed by atoms with E-state index in [1.807, 2.05) is 0 Å². The minimum absolute atomic E-state index is 0.675. The second kappa shape index (κ2) is 9.15. The molecule has 0 bridgehead atoms. The normalized spacial score (nSPS) is 27.5. The summed E-state index contributed by atoms with van der Waals surface area (Å²) in [5.41, 5.74) is 4.50. The largest absolute Gasteiger partial charge is 0.348 e. The zero-order valence-corrected chi connectivity index (χ0v) is 11.6. The number of hydrogen-bond acceptors (Lipinski definition) is 4. The monoisotopic (exact) mass is 265 g/mol. The highest BCUT2D eigenvalue weighted by atomic mass is 35.7. The third kappa shape index (κ3) is 7.38. The first-order valence-corrected chi connectivity index (χ1v) is 7.78. The smallest absolute Gasteiger partial charge is 0.198 e. The molecule has 0 aliphatic carbocycles. The van der Waals surface area contributed by atoms with Crippen LogP contribution >= 0.6 is 18.9 Å². The molecule has 0 aromatic carbocycles. The van der Waals surface area contributed by atoms with Crippen LogP contribution in [0.2, 0.25) is 0 Å². The molecule has 1 fully saturated rings. The minimum atomic E-state index is -1.65. The van der Waals surface area contributed by atoms with Gasteiger partial charge in [0.05, 0.1) is 6.07 Å². The van der Waals surface area contributed by atoms with Crippen LogP contribution in [0.5, 0.6) is 0 Å². The number of nitriles is 1. The number of rotatable bonds is 2. The first-order chi connectivity index (χ1) is 7.49. The van der Waals surface area contributed by atoms with Crippen molar-refractivity contribution >= 4 is 18.9 Å². The molecule has 4 nitrogen and oxygen atoms in total. The molecule has 1 heterocycles. The molecular formula is C10H21ClN3OP. The summed E-state index contributed by atoms with van der Waals surface area (Å²) in [5.74, 6) is 0. The maximum atomic E-state index is 8.49. The molecule has 3 atom stereocenters. The second-order valence-electron chi connectivity index (χ2n) is 4.06. The molecule has 1 aliphatic heterocycles. The Morgan fingerprint density at radius 1 is 1.50 bits per heavy atom. The van der Waals surface area contributed by atoms with Crippen molar-refractivity contribution in [3.63, 3.8) is 0 Å². The van der Waals surface area contributed by atoms with E-state index < -0.39 is 7.65 Å². The van der Waals surface area contributed by atoms with Crippen molar-refractivity contribution in [3.8, 4) is 6.07 Å². The summed E-state index contributed by atoms with van der Waals surface area (Å²) in [5, 5.41) is 8.49. The van der Waals surface area contributed by atoms with Crippen LogP contribution in [0.3, 0.4) is 0 Å². The van der Waals surface area contributed by atoms with Crippen molar-refractivity contribution in [2.45, 2.75) is 51.6 Å². The topological polar surface area (TPSA) is 73.3 Å². The molecule has 1 unspecified atom stereocenters. The van der Waals surface area contributed by atoms with E-state index in [0.717, 1.165) is 6.54 Å². The van der Waals surface area contributed by atoms with Crippen molar-refractivity contribution in [2.75, 3.05) is 6.54 Å². The molecule has 0 radical (unpaired) electrons. The highest BCUT2D eigenvalue weighted by molar-refractivity contribution is 7.77. The van der Waals surface area contributed by atoms with Crippen molar-refractivity contribution in [2.24, 2.45) is 5.50 Å². The Kier molecular flexibility index (Phi) is 9.21. The van der Waals surface area contributed by atoms with Gasteiger partial charge in [0.15, 0.2) is 7.65 Å². The Bertz CT molecular complexity index is 210. The van der Waals surface area contributed by atoms with Gasteiger partial charge in [0.2, 0.25) is 0 Å².